The van der Waals surface area contributed by atoms with Crippen LogP contribution in [0.25, 0.3) is 0 Å². The Bertz CT molecular complexity index is 250. The van der Waals surface area contributed by atoms with Gasteiger partial charge in [-0.25, -0.2) is 0 Å². The molecule has 0 amide bonds. The van der Waals surface area contributed by atoms with E-state index in [9.17, 15) is 0 Å². The average molecular weight is 194 g/mol. The third kappa shape index (κ3) is 2.15. The van der Waals surface area contributed by atoms with Crippen LogP contribution in [0.1, 0.15) is 20.3 Å². The minimum absolute atomic E-state index is 0.329. The first-order chi connectivity index (χ1) is 6.75. The lowest BCUT2D eigenvalue weighted by molar-refractivity contribution is -0.0560. The number of dihydropyridines is 1. The highest BCUT2D eigenvalue weighted by molar-refractivity contribution is 5.78. The van der Waals surface area contributed by atoms with E-state index in [4.69, 9.17) is 4.74 Å². The number of allylic oxidation sites excluding steroid dienone is 1. The van der Waals surface area contributed by atoms with Crippen LogP contribution < -0.4 is 0 Å². The Labute approximate surface area is 85.5 Å². The van der Waals surface area contributed by atoms with Crippen LogP contribution in [0, 0.1) is 0 Å². The zero-order chi connectivity index (χ0) is 9.97. The summed E-state index contributed by atoms with van der Waals surface area (Å²) < 4.78 is 5.69. The van der Waals surface area contributed by atoms with Crippen molar-refractivity contribution in [3.63, 3.8) is 0 Å². The molecule has 0 aromatic heterocycles. The van der Waals surface area contributed by atoms with Gasteiger partial charge in [-0.3, -0.25) is 4.99 Å². The molecular formula is C11H18N2O. The summed E-state index contributed by atoms with van der Waals surface area (Å²) >= 11 is 0. The molecule has 14 heavy (non-hydrogen) atoms. The summed E-state index contributed by atoms with van der Waals surface area (Å²) in [5.74, 6) is 0. The molecule has 0 N–H and O–H groups in total. The molecular weight excluding hydrogens is 176 g/mol. The van der Waals surface area contributed by atoms with E-state index in [-0.39, 0.29) is 0 Å². The Morgan fingerprint density at radius 1 is 1.36 bits per heavy atom. The molecule has 0 aromatic carbocycles. The summed E-state index contributed by atoms with van der Waals surface area (Å²) in [6.07, 6.45) is 6.00. The summed E-state index contributed by atoms with van der Waals surface area (Å²) in [5.41, 5.74) is 1.28. The fraction of sp³-hybridized carbons (Fsp3) is 0.727. The van der Waals surface area contributed by atoms with E-state index >= 15 is 0 Å². The average Bonchev–Trinajstić information content (AvgIpc) is 2.18. The van der Waals surface area contributed by atoms with E-state index in [1.54, 1.807) is 0 Å². The predicted molar refractivity (Wildman–Crippen MR) is 57.6 cm³/mol. The second kappa shape index (κ2) is 4.13. The third-order valence-corrected chi connectivity index (χ3v) is 2.62. The van der Waals surface area contributed by atoms with Gasteiger partial charge in [-0.05, 0) is 20.3 Å². The lowest BCUT2D eigenvalue weighted by atomic mass is 10.2. The Kier molecular flexibility index (Phi) is 2.87. The topological polar surface area (TPSA) is 24.8 Å². The lowest BCUT2D eigenvalue weighted by Crippen LogP contribution is -2.45. The van der Waals surface area contributed by atoms with Crippen molar-refractivity contribution in [1.82, 2.24) is 4.90 Å². The number of rotatable bonds is 1. The van der Waals surface area contributed by atoms with E-state index in [0.29, 0.717) is 12.2 Å². The van der Waals surface area contributed by atoms with E-state index in [2.05, 4.69) is 29.8 Å². The van der Waals surface area contributed by atoms with Crippen LogP contribution in [0.5, 0.6) is 0 Å². The standard InChI is InChI=1S/C11H18N2O/c1-9-7-13(8-10(2)14-9)11-4-3-5-12-6-11/h4,6,9-10H,3,5,7-8H2,1-2H3. The van der Waals surface area contributed by atoms with Crippen molar-refractivity contribution in [3.8, 4) is 0 Å². The molecule has 0 saturated carbocycles. The molecule has 2 unspecified atom stereocenters. The van der Waals surface area contributed by atoms with Crippen LogP contribution in [0.2, 0.25) is 0 Å². The van der Waals surface area contributed by atoms with Crippen molar-refractivity contribution in [2.45, 2.75) is 32.5 Å². The number of hydrogen-bond acceptors (Lipinski definition) is 3. The SMILES string of the molecule is CC1CN(C2=CCCN=C2)CC(C)O1. The Morgan fingerprint density at radius 2 is 2.07 bits per heavy atom. The highest BCUT2D eigenvalue weighted by Gasteiger charge is 2.23. The van der Waals surface area contributed by atoms with E-state index in [1.165, 1.54) is 5.70 Å². The minimum atomic E-state index is 0.329. The van der Waals surface area contributed by atoms with Crippen molar-refractivity contribution in [2.75, 3.05) is 19.6 Å². The third-order valence-electron chi connectivity index (χ3n) is 2.62. The summed E-state index contributed by atoms with van der Waals surface area (Å²) in [7, 11) is 0. The highest BCUT2D eigenvalue weighted by atomic mass is 16.5. The van der Waals surface area contributed by atoms with Crippen LogP contribution in [-0.2, 0) is 4.74 Å². The Hall–Kier alpha value is -0.830. The van der Waals surface area contributed by atoms with Gasteiger partial charge >= 0.3 is 0 Å². The smallest absolute Gasteiger partial charge is 0.0726 e. The largest absolute Gasteiger partial charge is 0.372 e. The first kappa shape index (κ1) is 9.71. The van der Waals surface area contributed by atoms with Gasteiger partial charge in [0.15, 0.2) is 0 Å². The molecule has 0 spiro atoms. The van der Waals surface area contributed by atoms with Crippen molar-refractivity contribution in [1.29, 1.82) is 0 Å². The molecule has 1 fully saturated rings. The second-order valence-electron chi connectivity index (χ2n) is 4.12. The monoisotopic (exact) mass is 194 g/mol. The molecule has 1 saturated heterocycles. The zero-order valence-electron chi connectivity index (χ0n) is 8.94. The molecule has 2 heterocycles. The fourth-order valence-electron chi connectivity index (χ4n) is 2.10. The van der Waals surface area contributed by atoms with Gasteiger partial charge in [0.2, 0.25) is 0 Å². The summed E-state index contributed by atoms with van der Waals surface area (Å²) in [4.78, 5) is 6.68. The van der Waals surface area contributed by atoms with Crippen molar-refractivity contribution in [2.24, 2.45) is 4.99 Å². The van der Waals surface area contributed by atoms with Crippen LogP contribution >= 0.6 is 0 Å². The molecule has 3 nitrogen and oxygen atoms in total. The van der Waals surface area contributed by atoms with Gasteiger partial charge in [0.05, 0.1) is 17.9 Å². The van der Waals surface area contributed by atoms with Gasteiger partial charge in [-0.2, -0.15) is 0 Å². The first-order valence-electron chi connectivity index (χ1n) is 5.36. The van der Waals surface area contributed by atoms with E-state index < -0.39 is 0 Å². The molecule has 0 aromatic rings. The van der Waals surface area contributed by atoms with Crippen LogP contribution in [0.15, 0.2) is 16.8 Å². The Morgan fingerprint density at radius 3 is 2.64 bits per heavy atom. The molecule has 2 rings (SSSR count). The summed E-state index contributed by atoms with van der Waals surface area (Å²) in [5, 5.41) is 0. The zero-order valence-corrected chi connectivity index (χ0v) is 8.94. The fourth-order valence-corrected chi connectivity index (χ4v) is 2.10. The van der Waals surface area contributed by atoms with E-state index in [0.717, 1.165) is 26.1 Å². The maximum atomic E-state index is 5.69. The summed E-state index contributed by atoms with van der Waals surface area (Å²) in [6, 6.07) is 0. The lowest BCUT2D eigenvalue weighted by Gasteiger charge is -2.37. The molecule has 3 heteroatoms. The normalized spacial score (nSPS) is 33.0. The molecule has 0 radical (unpaired) electrons. The van der Waals surface area contributed by atoms with Gasteiger partial charge in [0.25, 0.3) is 0 Å². The number of morpholine rings is 1. The predicted octanol–water partition coefficient (Wildman–Crippen LogP) is 1.45. The van der Waals surface area contributed by atoms with E-state index in [1.807, 2.05) is 6.21 Å². The van der Waals surface area contributed by atoms with Gasteiger partial charge < -0.3 is 9.64 Å². The molecule has 78 valence electrons. The van der Waals surface area contributed by atoms with Crippen molar-refractivity contribution in [3.05, 3.63) is 11.8 Å². The van der Waals surface area contributed by atoms with Crippen LogP contribution in [0.4, 0.5) is 0 Å². The molecule has 2 aliphatic heterocycles. The van der Waals surface area contributed by atoms with Gasteiger partial charge in [-0.15, -0.1) is 0 Å². The summed E-state index contributed by atoms with van der Waals surface area (Å²) in [6.45, 7) is 7.18. The van der Waals surface area contributed by atoms with Crippen molar-refractivity contribution >= 4 is 6.21 Å². The quantitative estimate of drug-likeness (QED) is 0.631. The second-order valence-corrected chi connectivity index (χ2v) is 4.12. The molecule has 0 aliphatic carbocycles. The first-order valence-corrected chi connectivity index (χ1v) is 5.36. The van der Waals surface area contributed by atoms with Crippen LogP contribution in [-0.4, -0.2) is 43.0 Å². The van der Waals surface area contributed by atoms with Gasteiger partial charge in [0.1, 0.15) is 0 Å². The maximum Gasteiger partial charge on any atom is 0.0726 e. The van der Waals surface area contributed by atoms with Gasteiger partial charge in [0, 0.05) is 25.8 Å². The maximum absolute atomic E-state index is 5.69. The number of hydrogen-bond donors (Lipinski definition) is 0. The van der Waals surface area contributed by atoms with Crippen LogP contribution in [0.3, 0.4) is 0 Å². The Balaban J connectivity index is 2.02. The number of ether oxygens (including phenoxy) is 1. The highest BCUT2D eigenvalue weighted by Crippen LogP contribution is 2.16. The van der Waals surface area contributed by atoms with Gasteiger partial charge in [-0.1, -0.05) is 6.08 Å². The molecule has 2 atom stereocenters. The molecule has 0 bridgehead atoms. The number of aliphatic imine (C=N–C) groups is 1. The number of nitrogens with zero attached hydrogens (tertiary/aromatic N) is 2. The minimum Gasteiger partial charge on any atom is -0.372 e. The molecule has 2 aliphatic rings. The van der Waals surface area contributed by atoms with Crippen molar-refractivity contribution < 1.29 is 4.74 Å².